The van der Waals surface area contributed by atoms with Gasteiger partial charge < -0.3 is 20.3 Å². The molecule has 1 atom stereocenters. The summed E-state index contributed by atoms with van der Waals surface area (Å²) in [5.74, 6) is 0.725. The van der Waals surface area contributed by atoms with Gasteiger partial charge in [-0.25, -0.2) is 0 Å². The van der Waals surface area contributed by atoms with Crippen LogP contribution in [0.5, 0.6) is 5.75 Å². The number of aliphatic hydroxyl groups is 1. The lowest BCUT2D eigenvalue weighted by Crippen LogP contribution is -2.14. The average Bonchev–Trinajstić information content (AvgIpc) is 2.28. The molecule has 0 aliphatic heterocycles. The Kier molecular flexibility index (Phi) is 4.55. The van der Waals surface area contributed by atoms with Crippen molar-refractivity contribution in [1.29, 1.82) is 0 Å². The smallest absolute Gasteiger partial charge is 0.119 e. The second kappa shape index (κ2) is 5.70. The maximum atomic E-state index is 8.98. The first-order chi connectivity index (χ1) is 7.21. The van der Waals surface area contributed by atoms with Gasteiger partial charge in [0, 0.05) is 7.11 Å². The molecule has 0 amide bonds. The lowest BCUT2D eigenvalue weighted by atomic mass is 10.0. The summed E-state index contributed by atoms with van der Waals surface area (Å²) in [6.07, 6.45) is 0. The molecule has 4 nitrogen and oxygen atoms in total. The zero-order valence-electron chi connectivity index (χ0n) is 9.06. The molecule has 0 fully saturated rings. The van der Waals surface area contributed by atoms with Gasteiger partial charge in [-0.05, 0) is 23.3 Å². The Bertz CT molecular complexity index is 315. The van der Waals surface area contributed by atoms with Crippen LogP contribution in [0.1, 0.15) is 17.2 Å². The van der Waals surface area contributed by atoms with Crippen LogP contribution < -0.4 is 10.5 Å². The minimum atomic E-state index is -0.379. The summed E-state index contributed by atoms with van der Waals surface area (Å²) in [5.41, 5.74) is 7.57. The molecule has 0 spiro atoms. The largest absolute Gasteiger partial charge is 0.497 e. The van der Waals surface area contributed by atoms with E-state index in [9.17, 15) is 0 Å². The summed E-state index contributed by atoms with van der Waals surface area (Å²) < 4.78 is 10.2. The normalized spacial score (nSPS) is 12.5. The molecule has 4 heteroatoms. The summed E-state index contributed by atoms with van der Waals surface area (Å²) in [4.78, 5) is 0. The van der Waals surface area contributed by atoms with Crippen LogP contribution in [0.4, 0.5) is 0 Å². The molecule has 1 aromatic rings. The van der Waals surface area contributed by atoms with E-state index in [2.05, 4.69) is 0 Å². The molecule has 0 aromatic heterocycles. The quantitative estimate of drug-likeness (QED) is 0.757. The molecule has 0 saturated heterocycles. The zero-order chi connectivity index (χ0) is 11.3. The van der Waals surface area contributed by atoms with Gasteiger partial charge in [0.15, 0.2) is 0 Å². The number of rotatable bonds is 5. The molecule has 1 rings (SSSR count). The highest BCUT2D eigenvalue weighted by atomic mass is 16.5. The van der Waals surface area contributed by atoms with Gasteiger partial charge in [-0.3, -0.25) is 0 Å². The average molecular weight is 211 g/mol. The molecule has 0 aliphatic carbocycles. The van der Waals surface area contributed by atoms with E-state index in [0.717, 1.165) is 16.9 Å². The van der Waals surface area contributed by atoms with E-state index in [1.165, 1.54) is 0 Å². The number of aliphatic hydroxyl groups excluding tert-OH is 1. The van der Waals surface area contributed by atoms with E-state index in [1.54, 1.807) is 14.2 Å². The van der Waals surface area contributed by atoms with Crippen LogP contribution in [-0.2, 0) is 11.3 Å². The van der Waals surface area contributed by atoms with Crippen molar-refractivity contribution in [3.05, 3.63) is 29.3 Å². The molecule has 0 aliphatic rings. The number of benzene rings is 1. The van der Waals surface area contributed by atoms with Crippen molar-refractivity contribution < 1.29 is 14.6 Å². The number of methoxy groups -OCH3 is 2. The third-order valence-electron chi connectivity index (χ3n) is 2.16. The van der Waals surface area contributed by atoms with Gasteiger partial charge in [0.05, 0.1) is 26.4 Å². The fraction of sp³-hybridized carbons (Fsp3) is 0.455. The second-order valence-corrected chi connectivity index (χ2v) is 3.34. The second-order valence-electron chi connectivity index (χ2n) is 3.34. The highest BCUT2D eigenvalue weighted by Gasteiger charge is 2.07. The van der Waals surface area contributed by atoms with E-state index in [-0.39, 0.29) is 12.6 Å². The maximum absolute atomic E-state index is 8.98. The molecule has 1 unspecified atom stereocenters. The third-order valence-corrected chi connectivity index (χ3v) is 2.16. The Balaban J connectivity index is 2.99. The molecule has 1 aromatic carbocycles. The fourth-order valence-corrected chi connectivity index (χ4v) is 1.37. The summed E-state index contributed by atoms with van der Waals surface area (Å²) in [6.45, 7) is 0.419. The van der Waals surface area contributed by atoms with E-state index < -0.39 is 0 Å². The highest BCUT2D eigenvalue weighted by Crippen LogP contribution is 2.21. The predicted molar refractivity (Wildman–Crippen MR) is 57.7 cm³/mol. The highest BCUT2D eigenvalue weighted by molar-refractivity contribution is 5.35. The van der Waals surface area contributed by atoms with Gasteiger partial charge in [-0.2, -0.15) is 0 Å². The molecule has 15 heavy (non-hydrogen) atoms. The molecule has 84 valence electrons. The van der Waals surface area contributed by atoms with Gasteiger partial charge in [-0.15, -0.1) is 0 Å². The van der Waals surface area contributed by atoms with Crippen LogP contribution in [0.15, 0.2) is 18.2 Å². The minimum Gasteiger partial charge on any atom is -0.497 e. The van der Waals surface area contributed by atoms with Gasteiger partial charge in [0.1, 0.15) is 5.75 Å². The number of hydrogen-bond donors (Lipinski definition) is 2. The number of nitrogens with two attached hydrogens (primary N) is 1. The van der Waals surface area contributed by atoms with Crippen LogP contribution in [0.25, 0.3) is 0 Å². The lowest BCUT2D eigenvalue weighted by molar-refractivity contribution is 0.184. The maximum Gasteiger partial charge on any atom is 0.119 e. The summed E-state index contributed by atoms with van der Waals surface area (Å²) in [6, 6.07) is 5.24. The van der Waals surface area contributed by atoms with Crippen LogP contribution in [0, 0.1) is 0 Å². The molecular formula is C11H17NO3. The zero-order valence-corrected chi connectivity index (χ0v) is 9.06. The minimum absolute atomic E-state index is 0.0837. The fourth-order valence-electron chi connectivity index (χ4n) is 1.37. The molecule has 0 saturated carbocycles. The Labute approximate surface area is 89.6 Å². The summed E-state index contributed by atoms with van der Waals surface area (Å²) in [5, 5.41) is 8.98. The Morgan fingerprint density at radius 3 is 2.60 bits per heavy atom. The van der Waals surface area contributed by atoms with Crippen molar-refractivity contribution in [2.75, 3.05) is 20.8 Å². The van der Waals surface area contributed by atoms with Crippen molar-refractivity contribution in [3.63, 3.8) is 0 Å². The first-order valence-electron chi connectivity index (χ1n) is 4.74. The van der Waals surface area contributed by atoms with Gasteiger partial charge in [0.2, 0.25) is 0 Å². The van der Waals surface area contributed by atoms with Crippen molar-refractivity contribution in [3.8, 4) is 5.75 Å². The molecular weight excluding hydrogens is 194 g/mol. The van der Waals surface area contributed by atoms with Gasteiger partial charge >= 0.3 is 0 Å². The number of ether oxygens (including phenoxy) is 2. The molecule has 0 bridgehead atoms. The number of hydrogen-bond acceptors (Lipinski definition) is 4. The summed E-state index contributed by atoms with van der Waals surface area (Å²) >= 11 is 0. The first-order valence-corrected chi connectivity index (χ1v) is 4.74. The topological polar surface area (TPSA) is 64.7 Å². The SMILES string of the molecule is COCc1cc(OC)cc(C(N)CO)c1. The van der Waals surface area contributed by atoms with Crippen molar-refractivity contribution in [2.24, 2.45) is 5.73 Å². The Hall–Kier alpha value is -1.10. The molecule has 3 N–H and O–H groups in total. The van der Waals surface area contributed by atoms with Crippen molar-refractivity contribution >= 4 is 0 Å². The Morgan fingerprint density at radius 1 is 1.33 bits per heavy atom. The molecule has 0 radical (unpaired) electrons. The van der Waals surface area contributed by atoms with E-state index in [0.29, 0.717) is 6.61 Å². The van der Waals surface area contributed by atoms with Crippen LogP contribution in [0.3, 0.4) is 0 Å². The molecule has 0 heterocycles. The Morgan fingerprint density at radius 2 is 2.07 bits per heavy atom. The van der Waals surface area contributed by atoms with Crippen molar-refractivity contribution in [1.82, 2.24) is 0 Å². The van der Waals surface area contributed by atoms with E-state index in [1.807, 2.05) is 18.2 Å². The van der Waals surface area contributed by atoms with Gasteiger partial charge in [-0.1, -0.05) is 6.07 Å². The van der Waals surface area contributed by atoms with Gasteiger partial charge in [0.25, 0.3) is 0 Å². The van der Waals surface area contributed by atoms with Crippen LogP contribution >= 0.6 is 0 Å². The lowest BCUT2D eigenvalue weighted by Gasteiger charge is -2.12. The first kappa shape index (κ1) is 12.0. The van der Waals surface area contributed by atoms with Crippen LogP contribution in [0.2, 0.25) is 0 Å². The predicted octanol–water partition coefficient (Wildman–Crippen LogP) is 0.834. The van der Waals surface area contributed by atoms with E-state index >= 15 is 0 Å². The third kappa shape index (κ3) is 3.20. The van der Waals surface area contributed by atoms with Crippen molar-refractivity contribution in [2.45, 2.75) is 12.6 Å². The summed E-state index contributed by atoms with van der Waals surface area (Å²) in [7, 11) is 3.23. The van der Waals surface area contributed by atoms with Crippen LogP contribution in [-0.4, -0.2) is 25.9 Å². The monoisotopic (exact) mass is 211 g/mol. The standard InChI is InChI=1S/C11H17NO3/c1-14-7-8-3-9(11(12)6-13)5-10(4-8)15-2/h3-5,11,13H,6-7,12H2,1-2H3. The van der Waals surface area contributed by atoms with E-state index in [4.69, 9.17) is 20.3 Å².